The monoisotopic (exact) mass is 333 g/mol. The maximum atomic E-state index is 12.3. The Kier molecular flexibility index (Phi) is 3.57. The lowest BCUT2D eigenvalue weighted by Gasteiger charge is -2.03. The van der Waals surface area contributed by atoms with Crippen LogP contribution in [0.5, 0.6) is 0 Å². The fourth-order valence-corrected chi connectivity index (χ4v) is 2.71. The third kappa shape index (κ3) is 2.89. The number of carbonyl (C=O) groups is 1. The minimum Gasteiger partial charge on any atom is -0.422 e. The Hall–Kier alpha value is -3.41. The van der Waals surface area contributed by atoms with Gasteiger partial charge in [-0.2, -0.15) is 0 Å². The Labute approximate surface area is 142 Å². The first-order valence-corrected chi connectivity index (χ1v) is 7.85. The Balaban J connectivity index is 1.57. The number of fused-ring (bicyclic) bond motifs is 2. The van der Waals surface area contributed by atoms with Crippen LogP contribution in [0.1, 0.15) is 21.6 Å². The van der Waals surface area contributed by atoms with E-state index in [1.807, 2.05) is 41.9 Å². The zero-order valence-electron chi connectivity index (χ0n) is 13.5. The van der Waals surface area contributed by atoms with Crippen LogP contribution >= 0.6 is 0 Å². The maximum absolute atomic E-state index is 12.3. The van der Waals surface area contributed by atoms with E-state index in [1.165, 1.54) is 0 Å². The van der Waals surface area contributed by atoms with Crippen molar-refractivity contribution in [2.24, 2.45) is 0 Å². The van der Waals surface area contributed by atoms with Crippen molar-refractivity contribution in [3.8, 4) is 0 Å². The van der Waals surface area contributed by atoms with E-state index >= 15 is 0 Å². The highest BCUT2D eigenvalue weighted by molar-refractivity contribution is 5.96. The molecule has 0 bridgehead atoms. The molecule has 25 heavy (non-hydrogen) atoms. The highest BCUT2D eigenvalue weighted by atomic mass is 16.4. The van der Waals surface area contributed by atoms with Crippen LogP contribution in [0.15, 0.2) is 64.1 Å². The highest BCUT2D eigenvalue weighted by Crippen LogP contribution is 2.13. The summed E-state index contributed by atoms with van der Waals surface area (Å²) in [5.41, 5.74) is 2.43. The van der Waals surface area contributed by atoms with Crippen LogP contribution in [0, 0.1) is 6.92 Å². The number of hydrogen-bond donors (Lipinski definition) is 1. The van der Waals surface area contributed by atoms with E-state index in [4.69, 9.17) is 4.42 Å². The standard InChI is InChI=1S/C19H15N3O3/c1-12-6-7-22-11-14(21-17(22)8-12)10-20-18(23)15-9-13-4-2-3-5-16(13)25-19(15)24/h2-9,11H,10H2,1H3,(H,20,23). The highest BCUT2D eigenvalue weighted by Gasteiger charge is 2.14. The third-order valence-electron chi connectivity index (χ3n) is 3.98. The predicted molar refractivity (Wildman–Crippen MR) is 93.6 cm³/mol. The van der Waals surface area contributed by atoms with Gasteiger partial charge in [-0.25, -0.2) is 9.78 Å². The molecule has 0 saturated carbocycles. The molecule has 0 aliphatic carbocycles. The smallest absolute Gasteiger partial charge is 0.349 e. The molecule has 4 rings (SSSR count). The Morgan fingerprint density at radius 2 is 2.08 bits per heavy atom. The normalized spacial score (nSPS) is 11.1. The lowest BCUT2D eigenvalue weighted by Crippen LogP contribution is -2.27. The van der Waals surface area contributed by atoms with Crippen molar-refractivity contribution in [1.82, 2.24) is 14.7 Å². The molecule has 0 fully saturated rings. The topological polar surface area (TPSA) is 76.6 Å². The van der Waals surface area contributed by atoms with Crippen molar-refractivity contribution < 1.29 is 9.21 Å². The lowest BCUT2D eigenvalue weighted by molar-refractivity contribution is 0.0947. The minimum absolute atomic E-state index is 0.0155. The maximum Gasteiger partial charge on any atom is 0.349 e. The quantitative estimate of drug-likeness (QED) is 0.585. The number of nitrogens with zero attached hydrogens (tertiary/aromatic N) is 2. The minimum atomic E-state index is -0.651. The molecule has 6 nitrogen and oxygen atoms in total. The van der Waals surface area contributed by atoms with Crippen molar-refractivity contribution in [1.29, 1.82) is 0 Å². The molecule has 0 aliphatic rings. The molecule has 3 heterocycles. The average molecular weight is 333 g/mol. The van der Waals surface area contributed by atoms with Crippen molar-refractivity contribution in [2.75, 3.05) is 0 Å². The van der Waals surface area contributed by atoms with E-state index in [-0.39, 0.29) is 12.1 Å². The number of aromatic nitrogens is 2. The number of hydrogen-bond acceptors (Lipinski definition) is 4. The van der Waals surface area contributed by atoms with Crippen LogP contribution in [-0.2, 0) is 6.54 Å². The zero-order chi connectivity index (χ0) is 17.4. The summed E-state index contributed by atoms with van der Waals surface area (Å²) in [4.78, 5) is 28.8. The van der Waals surface area contributed by atoms with Crippen LogP contribution in [0.3, 0.4) is 0 Å². The Morgan fingerprint density at radius 3 is 2.96 bits per heavy atom. The van der Waals surface area contributed by atoms with Crippen LogP contribution in [0.2, 0.25) is 0 Å². The SMILES string of the molecule is Cc1ccn2cc(CNC(=O)c3cc4ccccc4oc3=O)nc2c1. The van der Waals surface area contributed by atoms with Gasteiger partial charge in [-0.1, -0.05) is 18.2 Å². The molecule has 0 unspecified atom stereocenters. The summed E-state index contributed by atoms with van der Waals surface area (Å²) in [6, 6.07) is 12.6. The van der Waals surface area contributed by atoms with Crippen LogP contribution in [0.4, 0.5) is 0 Å². The molecule has 6 heteroatoms. The van der Waals surface area contributed by atoms with Crippen molar-refractivity contribution in [2.45, 2.75) is 13.5 Å². The molecular weight excluding hydrogens is 318 g/mol. The van der Waals surface area contributed by atoms with Crippen LogP contribution in [0.25, 0.3) is 16.6 Å². The molecular formula is C19H15N3O3. The molecule has 1 N–H and O–H groups in total. The Bertz CT molecular complexity index is 1160. The fraction of sp³-hybridized carbons (Fsp3) is 0.105. The average Bonchev–Trinajstić information content (AvgIpc) is 3.01. The number of benzene rings is 1. The van der Waals surface area contributed by atoms with Gasteiger partial charge in [-0.15, -0.1) is 0 Å². The Morgan fingerprint density at radius 1 is 1.24 bits per heavy atom. The van der Waals surface area contributed by atoms with Gasteiger partial charge >= 0.3 is 5.63 Å². The van der Waals surface area contributed by atoms with E-state index in [9.17, 15) is 9.59 Å². The van der Waals surface area contributed by atoms with E-state index < -0.39 is 11.5 Å². The molecule has 0 spiro atoms. The van der Waals surface area contributed by atoms with Gasteiger partial charge < -0.3 is 14.1 Å². The zero-order valence-corrected chi connectivity index (χ0v) is 13.5. The predicted octanol–water partition coefficient (Wildman–Crippen LogP) is 2.68. The molecule has 1 amide bonds. The van der Waals surface area contributed by atoms with Crippen LogP contribution in [-0.4, -0.2) is 15.3 Å². The van der Waals surface area contributed by atoms with Crippen molar-refractivity contribution in [3.63, 3.8) is 0 Å². The lowest BCUT2D eigenvalue weighted by atomic mass is 10.2. The summed E-state index contributed by atoms with van der Waals surface area (Å²) in [7, 11) is 0. The number of aryl methyl sites for hydroxylation is 1. The first kappa shape index (κ1) is 15.1. The summed E-state index contributed by atoms with van der Waals surface area (Å²) in [6.45, 7) is 2.22. The third-order valence-corrected chi connectivity index (χ3v) is 3.98. The van der Waals surface area contributed by atoms with Gasteiger partial charge in [0.2, 0.25) is 0 Å². The van der Waals surface area contributed by atoms with E-state index in [2.05, 4.69) is 10.3 Å². The number of para-hydroxylation sites is 1. The van der Waals surface area contributed by atoms with Gasteiger partial charge in [-0.05, 0) is 36.8 Å². The first-order chi connectivity index (χ1) is 12.1. The second-order valence-corrected chi connectivity index (χ2v) is 5.87. The summed E-state index contributed by atoms with van der Waals surface area (Å²) < 4.78 is 7.08. The number of imidazole rings is 1. The van der Waals surface area contributed by atoms with E-state index in [0.29, 0.717) is 16.7 Å². The number of amides is 1. The van der Waals surface area contributed by atoms with Gasteiger partial charge in [-0.3, -0.25) is 4.79 Å². The van der Waals surface area contributed by atoms with Crippen molar-refractivity contribution in [3.05, 3.63) is 82.1 Å². The summed E-state index contributed by atoms with van der Waals surface area (Å²) in [6.07, 6.45) is 3.76. The number of rotatable bonds is 3. The molecule has 0 radical (unpaired) electrons. The van der Waals surface area contributed by atoms with Gasteiger partial charge in [0.25, 0.3) is 5.91 Å². The van der Waals surface area contributed by atoms with Gasteiger partial charge in [0.1, 0.15) is 16.8 Å². The molecule has 3 aromatic heterocycles. The largest absolute Gasteiger partial charge is 0.422 e. The second-order valence-electron chi connectivity index (χ2n) is 5.87. The summed E-state index contributed by atoms with van der Waals surface area (Å²) in [5, 5.41) is 3.43. The number of carbonyl (C=O) groups excluding carboxylic acids is 1. The van der Waals surface area contributed by atoms with Crippen LogP contribution < -0.4 is 10.9 Å². The first-order valence-electron chi connectivity index (χ1n) is 7.85. The molecule has 4 aromatic rings. The van der Waals surface area contributed by atoms with Gasteiger partial charge in [0, 0.05) is 17.8 Å². The molecule has 0 saturated heterocycles. The second kappa shape index (κ2) is 5.90. The summed E-state index contributed by atoms with van der Waals surface area (Å²) in [5.74, 6) is -0.479. The van der Waals surface area contributed by atoms with Gasteiger partial charge in [0.15, 0.2) is 0 Å². The molecule has 124 valence electrons. The fourth-order valence-electron chi connectivity index (χ4n) is 2.71. The van der Waals surface area contributed by atoms with Gasteiger partial charge in [0.05, 0.1) is 12.2 Å². The number of pyridine rings is 1. The van der Waals surface area contributed by atoms with E-state index in [1.54, 1.807) is 24.3 Å². The number of nitrogens with one attached hydrogen (secondary N) is 1. The molecule has 1 aromatic carbocycles. The van der Waals surface area contributed by atoms with E-state index in [0.717, 1.165) is 11.2 Å². The molecule has 0 atom stereocenters. The summed E-state index contributed by atoms with van der Waals surface area (Å²) >= 11 is 0. The molecule has 0 aliphatic heterocycles. The van der Waals surface area contributed by atoms with Crippen molar-refractivity contribution >= 4 is 22.5 Å².